The molecule has 0 aliphatic carbocycles. The number of hydrogen-bond acceptors (Lipinski definition) is 4. The zero-order chi connectivity index (χ0) is 14.8. The Morgan fingerprint density at radius 3 is 2.71 bits per heavy atom. The number of anilines is 1. The molecule has 2 heterocycles. The molecule has 2 aliphatic heterocycles. The monoisotopic (exact) mass is 305 g/mol. The Labute approximate surface area is 131 Å². The zero-order valence-corrected chi connectivity index (χ0v) is 13.4. The summed E-state index contributed by atoms with van der Waals surface area (Å²) in [6.07, 6.45) is 3.90. The third-order valence-electron chi connectivity index (χ3n) is 4.63. The van der Waals surface area contributed by atoms with E-state index in [-0.39, 0.29) is 0 Å². The summed E-state index contributed by atoms with van der Waals surface area (Å²) < 4.78 is 5.35. The fourth-order valence-electron chi connectivity index (χ4n) is 3.47. The molecule has 4 nitrogen and oxygen atoms in total. The molecule has 5 heteroatoms. The summed E-state index contributed by atoms with van der Waals surface area (Å²) in [7, 11) is 1.69. The molecule has 0 spiro atoms. The Kier molecular flexibility index (Phi) is 4.31. The minimum absolute atomic E-state index is 0.456. The van der Waals surface area contributed by atoms with E-state index in [1.165, 1.54) is 32.4 Å². The molecule has 0 saturated carbocycles. The number of nitrogens with two attached hydrogens (primary N) is 1. The molecule has 1 unspecified atom stereocenters. The maximum absolute atomic E-state index is 5.88. The molecule has 0 amide bonds. The molecule has 0 bridgehead atoms. The smallest absolute Gasteiger partial charge is 0.120 e. The van der Waals surface area contributed by atoms with Gasteiger partial charge in [-0.25, -0.2) is 0 Å². The third-order valence-corrected chi connectivity index (χ3v) is 4.85. The van der Waals surface area contributed by atoms with Crippen LogP contribution in [0.25, 0.3) is 0 Å². The van der Waals surface area contributed by atoms with Gasteiger partial charge in [-0.2, -0.15) is 0 Å². The van der Waals surface area contributed by atoms with E-state index in [0.717, 1.165) is 30.1 Å². The van der Waals surface area contributed by atoms with Gasteiger partial charge >= 0.3 is 0 Å². The second kappa shape index (κ2) is 6.20. The van der Waals surface area contributed by atoms with Crippen LogP contribution in [0.2, 0.25) is 0 Å². The maximum Gasteiger partial charge on any atom is 0.120 e. The molecule has 1 aromatic rings. The van der Waals surface area contributed by atoms with Gasteiger partial charge in [0.2, 0.25) is 0 Å². The van der Waals surface area contributed by atoms with E-state index >= 15 is 0 Å². The highest BCUT2D eigenvalue weighted by Crippen LogP contribution is 2.31. The highest BCUT2D eigenvalue weighted by Gasteiger charge is 2.30. The van der Waals surface area contributed by atoms with Crippen LogP contribution >= 0.6 is 12.2 Å². The van der Waals surface area contributed by atoms with Crippen molar-refractivity contribution in [3.8, 4) is 5.75 Å². The molecule has 1 atom stereocenters. The van der Waals surface area contributed by atoms with E-state index < -0.39 is 0 Å². The largest absolute Gasteiger partial charge is 0.497 e. The van der Waals surface area contributed by atoms with Crippen molar-refractivity contribution >= 4 is 22.9 Å². The molecule has 0 radical (unpaired) electrons. The van der Waals surface area contributed by atoms with E-state index in [4.69, 9.17) is 22.7 Å². The van der Waals surface area contributed by atoms with Gasteiger partial charge in [0.05, 0.1) is 12.8 Å². The molecule has 2 aliphatic rings. The number of rotatable bonds is 4. The highest BCUT2D eigenvalue weighted by atomic mass is 32.1. The van der Waals surface area contributed by atoms with Gasteiger partial charge in [0.15, 0.2) is 0 Å². The summed E-state index contributed by atoms with van der Waals surface area (Å²) in [4.78, 5) is 5.48. The van der Waals surface area contributed by atoms with Crippen LogP contribution in [-0.4, -0.2) is 49.2 Å². The summed E-state index contributed by atoms with van der Waals surface area (Å²) >= 11 is 5.20. The van der Waals surface area contributed by atoms with Crippen molar-refractivity contribution in [1.29, 1.82) is 0 Å². The Balaban J connectivity index is 1.81. The number of nitrogens with zero attached hydrogens (tertiary/aromatic N) is 2. The first-order valence-corrected chi connectivity index (χ1v) is 8.06. The van der Waals surface area contributed by atoms with Crippen molar-refractivity contribution < 1.29 is 4.74 Å². The van der Waals surface area contributed by atoms with E-state index in [0.29, 0.717) is 11.0 Å². The topological polar surface area (TPSA) is 41.7 Å². The second-order valence-corrected chi connectivity index (χ2v) is 6.32. The van der Waals surface area contributed by atoms with Crippen molar-refractivity contribution in [1.82, 2.24) is 4.90 Å². The van der Waals surface area contributed by atoms with Gasteiger partial charge in [-0.05, 0) is 44.5 Å². The summed E-state index contributed by atoms with van der Waals surface area (Å²) in [5.41, 5.74) is 7.95. The SMILES string of the molecule is COc1ccc(C(N)=S)c(N2CCC(N3CCCC3)C2)c1. The number of methoxy groups -OCH3 is 1. The number of benzene rings is 1. The Hall–Kier alpha value is -1.33. The quantitative estimate of drug-likeness (QED) is 0.862. The average Bonchev–Trinajstić information content (AvgIpc) is 3.17. The highest BCUT2D eigenvalue weighted by molar-refractivity contribution is 7.80. The van der Waals surface area contributed by atoms with Gasteiger partial charge in [-0.1, -0.05) is 12.2 Å². The van der Waals surface area contributed by atoms with E-state index in [9.17, 15) is 0 Å². The molecule has 114 valence electrons. The van der Waals surface area contributed by atoms with Crippen molar-refractivity contribution in [2.45, 2.75) is 25.3 Å². The molecule has 2 saturated heterocycles. The summed E-state index contributed by atoms with van der Waals surface area (Å²) in [5.74, 6) is 0.856. The molecular weight excluding hydrogens is 282 g/mol. The van der Waals surface area contributed by atoms with Gasteiger partial charge in [-0.15, -0.1) is 0 Å². The summed E-state index contributed by atoms with van der Waals surface area (Å²) in [5, 5.41) is 0. The van der Waals surface area contributed by atoms with Gasteiger partial charge in [-0.3, -0.25) is 4.90 Å². The van der Waals surface area contributed by atoms with Crippen LogP contribution in [0.3, 0.4) is 0 Å². The lowest BCUT2D eigenvalue weighted by atomic mass is 10.1. The van der Waals surface area contributed by atoms with Crippen LogP contribution in [0, 0.1) is 0 Å². The maximum atomic E-state index is 5.88. The standard InChI is InChI=1S/C16H23N3OS/c1-20-13-4-5-14(16(17)21)15(10-13)19-9-6-12(11-19)18-7-2-3-8-18/h4-5,10,12H,2-3,6-9,11H2,1H3,(H2,17,21). The van der Waals surface area contributed by atoms with Crippen LogP contribution in [-0.2, 0) is 0 Å². The summed E-state index contributed by atoms with van der Waals surface area (Å²) in [6.45, 7) is 4.62. The number of likely N-dealkylation sites (tertiary alicyclic amines) is 1. The number of hydrogen-bond donors (Lipinski definition) is 1. The lowest BCUT2D eigenvalue weighted by Crippen LogP contribution is -2.35. The van der Waals surface area contributed by atoms with Gasteiger partial charge in [0, 0.05) is 30.8 Å². The van der Waals surface area contributed by atoms with Gasteiger partial charge in [0.25, 0.3) is 0 Å². The molecule has 1 aromatic carbocycles. The van der Waals surface area contributed by atoms with E-state index in [2.05, 4.69) is 15.9 Å². The van der Waals surface area contributed by atoms with Crippen molar-refractivity contribution in [2.24, 2.45) is 5.73 Å². The van der Waals surface area contributed by atoms with Crippen molar-refractivity contribution in [2.75, 3.05) is 38.2 Å². The molecule has 0 aromatic heterocycles. The van der Waals surface area contributed by atoms with Crippen LogP contribution in [0.4, 0.5) is 5.69 Å². The number of ether oxygens (including phenoxy) is 1. The average molecular weight is 305 g/mol. The molecule has 3 rings (SSSR count). The number of thiocarbonyl (C=S) groups is 1. The Bertz CT molecular complexity index is 528. The predicted octanol–water partition coefficient (Wildman–Crippen LogP) is 2.00. The first kappa shape index (κ1) is 14.6. The van der Waals surface area contributed by atoms with E-state index in [1.807, 2.05) is 12.1 Å². The Morgan fingerprint density at radius 1 is 1.29 bits per heavy atom. The normalized spacial score (nSPS) is 22.7. The summed E-state index contributed by atoms with van der Waals surface area (Å²) in [6, 6.07) is 6.62. The first-order chi connectivity index (χ1) is 10.2. The zero-order valence-electron chi connectivity index (χ0n) is 12.5. The lowest BCUT2D eigenvalue weighted by molar-refractivity contribution is 0.260. The predicted molar refractivity (Wildman–Crippen MR) is 90.3 cm³/mol. The third kappa shape index (κ3) is 2.99. The molecule has 21 heavy (non-hydrogen) atoms. The Morgan fingerprint density at radius 2 is 2.05 bits per heavy atom. The van der Waals surface area contributed by atoms with Crippen LogP contribution in [0.15, 0.2) is 18.2 Å². The van der Waals surface area contributed by atoms with Gasteiger partial charge in [0.1, 0.15) is 10.7 Å². The van der Waals surface area contributed by atoms with Crippen molar-refractivity contribution in [3.63, 3.8) is 0 Å². The molecule has 2 fully saturated rings. The van der Waals surface area contributed by atoms with Crippen LogP contribution in [0.5, 0.6) is 5.75 Å². The fourth-order valence-corrected chi connectivity index (χ4v) is 3.65. The lowest BCUT2D eigenvalue weighted by Gasteiger charge is -2.26. The minimum Gasteiger partial charge on any atom is -0.497 e. The van der Waals surface area contributed by atoms with Crippen LogP contribution < -0.4 is 15.4 Å². The van der Waals surface area contributed by atoms with E-state index in [1.54, 1.807) is 7.11 Å². The second-order valence-electron chi connectivity index (χ2n) is 5.88. The minimum atomic E-state index is 0.456. The first-order valence-electron chi connectivity index (χ1n) is 7.66. The van der Waals surface area contributed by atoms with Gasteiger partial charge < -0.3 is 15.4 Å². The molecule has 2 N–H and O–H groups in total. The molecular formula is C16H23N3OS. The van der Waals surface area contributed by atoms with Crippen LogP contribution in [0.1, 0.15) is 24.8 Å². The fraction of sp³-hybridized carbons (Fsp3) is 0.562. The van der Waals surface area contributed by atoms with Crippen molar-refractivity contribution in [3.05, 3.63) is 23.8 Å².